The van der Waals surface area contributed by atoms with Crippen molar-refractivity contribution < 1.29 is 4.42 Å². The lowest BCUT2D eigenvalue weighted by atomic mass is 9.91. The molecule has 262 valence electrons. The molecule has 10 aromatic carbocycles. The molecule has 0 radical (unpaired) electrons. The van der Waals surface area contributed by atoms with Gasteiger partial charge in [0.2, 0.25) is 0 Å². The van der Waals surface area contributed by atoms with Crippen LogP contribution in [0.25, 0.3) is 87.6 Å². The Labute approximate surface area is 325 Å². The highest BCUT2D eigenvalue weighted by molar-refractivity contribution is 6.20. The number of hydrogen-bond acceptors (Lipinski definition) is 2. The van der Waals surface area contributed by atoms with E-state index in [0.29, 0.717) is 0 Å². The van der Waals surface area contributed by atoms with Crippen LogP contribution >= 0.6 is 0 Å². The second kappa shape index (κ2) is 13.2. The van der Waals surface area contributed by atoms with Crippen LogP contribution in [0.2, 0.25) is 0 Å². The largest absolute Gasteiger partial charge is 0.455 e. The first kappa shape index (κ1) is 32.0. The Morgan fingerprint density at radius 3 is 1.66 bits per heavy atom. The zero-order valence-corrected chi connectivity index (χ0v) is 30.6. The van der Waals surface area contributed by atoms with E-state index < -0.39 is 0 Å². The molecule has 56 heavy (non-hydrogen) atoms. The van der Waals surface area contributed by atoms with Gasteiger partial charge in [0, 0.05) is 33.0 Å². The fraction of sp³-hybridized carbons (Fsp3) is 0. The van der Waals surface area contributed by atoms with E-state index in [1.165, 1.54) is 43.6 Å². The summed E-state index contributed by atoms with van der Waals surface area (Å²) in [4.78, 5) is 2.44. The maximum Gasteiger partial charge on any atom is 0.143 e. The van der Waals surface area contributed by atoms with Gasteiger partial charge in [-0.15, -0.1) is 0 Å². The fourth-order valence-corrected chi connectivity index (χ4v) is 8.69. The van der Waals surface area contributed by atoms with Crippen LogP contribution in [0.4, 0.5) is 17.1 Å². The Bertz CT molecular complexity index is 3250. The first-order valence-electron chi connectivity index (χ1n) is 19.2. The van der Waals surface area contributed by atoms with Gasteiger partial charge in [0.15, 0.2) is 0 Å². The van der Waals surface area contributed by atoms with Gasteiger partial charge in [-0.25, -0.2) is 0 Å². The normalized spacial score (nSPS) is 11.6. The van der Waals surface area contributed by atoms with Gasteiger partial charge in [0.25, 0.3) is 0 Å². The second-order valence-electron chi connectivity index (χ2n) is 14.4. The lowest BCUT2D eigenvalue weighted by Crippen LogP contribution is -2.12. The second-order valence-corrected chi connectivity index (χ2v) is 14.4. The Morgan fingerprint density at radius 1 is 0.321 bits per heavy atom. The van der Waals surface area contributed by atoms with Gasteiger partial charge in [-0.1, -0.05) is 170 Å². The molecule has 0 aliphatic heterocycles. The first-order valence-corrected chi connectivity index (χ1v) is 19.2. The minimum Gasteiger partial charge on any atom is -0.455 e. The number of fused-ring (bicyclic) bond motifs is 8. The van der Waals surface area contributed by atoms with Crippen molar-refractivity contribution in [1.29, 1.82) is 0 Å². The molecular formula is C54H35NO. The van der Waals surface area contributed by atoms with Crippen LogP contribution in [0.15, 0.2) is 217 Å². The van der Waals surface area contributed by atoms with E-state index in [1.54, 1.807) is 0 Å². The summed E-state index contributed by atoms with van der Waals surface area (Å²) in [5, 5.41) is 9.49. The number of para-hydroxylation sites is 2. The van der Waals surface area contributed by atoms with Crippen molar-refractivity contribution in [3.63, 3.8) is 0 Å². The van der Waals surface area contributed by atoms with E-state index in [1.807, 2.05) is 0 Å². The molecule has 11 aromatic rings. The van der Waals surface area contributed by atoms with Crippen molar-refractivity contribution in [3.8, 4) is 33.4 Å². The molecule has 0 unspecified atom stereocenters. The Balaban J connectivity index is 1.18. The standard InChI is InChI=1S/C54H35NO/c1-2-15-36(16-3-1)37-29-32-40(33-30-37)55(51-27-13-11-24-46(51)49-35-39-18-5-6-19-41(39)43-21-8-9-22-44(43)49)50-26-12-10-23-45(50)47-25-14-28-52-53(47)48-34-31-38-17-4-7-20-42(38)54(48)56-52/h1-35H. The van der Waals surface area contributed by atoms with Crippen molar-refractivity contribution in [2.45, 2.75) is 0 Å². The number of nitrogens with zero attached hydrogens (tertiary/aromatic N) is 1. The molecule has 2 heteroatoms. The summed E-state index contributed by atoms with van der Waals surface area (Å²) < 4.78 is 6.69. The number of furan rings is 1. The lowest BCUT2D eigenvalue weighted by Gasteiger charge is -2.30. The third-order valence-corrected chi connectivity index (χ3v) is 11.3. The van der Waals surface area contributed by atoms with Gasteiger partial charge in [0.1, 0.15) is 11.2 Å². The number of benzene rings is 10. The zero-order chi connectivity index (χ0) is 37.0. The summed E-state index contributed by atoms with van der Waals surface area (Å²) >= 11 is 0. The minimum absolute atomic E-state index is 0.880. The molecule has 1 aromatic heterocycles. The summed E-state index contributed by atoms with van der Waals surface area (Å²) in [6, 6.07) is 76.5. The molecule has 1 heterocycles. The monoisotopic (exact) mass is 713 g/mol. The lowest BCUT2D eigenvalue weighted by molar-refractivity contribution is 0.673. The third-order valence-electron chi connectivity index (χ3n) is 11.3. The van der Waals surface area contributed by atoms with Crippen molar-refractivity contribution in [2.75, 3.05) is 4.90 Å². The van der Waals surface area contributed by atoms with Crippen LogP contribution in [0.3, 0.4) is 0 Å². The van der Waals surface area contributed by atoms with Gasteiger partial charge in [-0.05, 0) is 91.6 Å². The molecule has 0 amide bonds. The zero-order valence-electron chi connectivity index (χ0n) is 30.6. The van der Waals surface area contributed by atoms with Crippen molar-refractivity contribution in [2.24, 2.45) is 0 Å². The maximum atomic E-state index is 6.69. The molecule has 0 spiro atoms. The average molecular weight is 714 g/mol. The van der Waals surface area contributed by atoms with Crippen molar-refractivity contribution in [1.82, 2.24) is 0 Å². The van der Waals surface area contributed by atoms with Gasteiger partial charge >= 0.3 is 0 Å². The fourth-order valence-electron chi connectivity index (χ4n) is 8.69. The topological polar surface area (TPSA) is 16.4 Å². The van der Waals surface area contributed by atoms with Crippen molar-refractivity contribution in [3.05, 3.63) is 212 Å². The van der Waals surface area contributed by atoms with Gasteiger partial charge in [0.05, 0.1) is 11.4 Å². The molecular weight excluding hydrogens is 679 g/mol. The molecule has 0 aliphatic rings. The van der Waals surface area contributed by atoms with Crippen LogP contribution in [0.1, 0.15) is 0 Å². The van der Waals surface area contributed by atoms with Crippen LogP contribution in [0, 0.1) is 0 Å². The highest BCUT2D eigenvalue weighted by Gasteiger charge is 2.23. The third kappa shape index (κ3) is 5.19. The Hall–Kier alpha value is -7.42. The van der Waals surface area contributed by atoms with E-state index in [2.05, 4.69) is 217 Å². The minimum atomic E-state index is 0.880. The van der Waals surface area contributed by atoms with E-state index in [9.17, 15) is 0 Å². The molecule has 0 bridgehead atoms. The molecule has 0 N–H and O–H groups in total. The smallest absolute Gasteiger partial charge is 0.143 e. The molecule has 11 rings (SSSR count). The summed E-state index contributed by atoms with van der Waals surface area (Å²) in [7, 11) is 0. The van der Waals surface area contributed by atoms with Crippen molar-refractivity contribution >= 4 is 71.3 Å². The summed E-state index contributed by atoms with van der Waals surface area (Å²) in [6.45, 7) is 0. The van der Waals surface area contributed by atoms with Crippen LogP contribution in [-0.2, 0) is 0 Å². The highest BCUT2D eigenvalue weighted by Crippen LogP contribution is 2.49. The summed E-state index contributed by atoms with van der Waals surface area (Å²) in [6.07, 6.45) is 0. The van der Waals surface area contributed by atoms with Crippen LogP contribution < -0.4 is 4.90 Å². The summed E-state index contributed by atoms with van der Waals surface area (Å²) in [5.74, 6) is 0. The Kier molecular flexibility index (Phi) is 7.53. The quantitative estimate of drug-likeness (QED) is 0.160. The van der Waals surface area contributed by atoms with Gasteiger partial charge in [-0.2, -0.15) is 0 Å². The molecule has 0 aliphatic carbocycles. The molecule has 0 atom stereocenters. The molecule has 0 saturated carbocycles. The molecule has 0 saturated heterocycles. The number of hydrogen-bond donors (Lipinski definition) is 0. The van der Waals surface area contributed by atoms with E-state index in [4.69, 9.17) is 4.42 Å². The number of rotatable bonds is 6. The predicted octanol–water partition coefficient (Wildman–Crippen LogP) is 15.5. The average Bonchev–Trinajstić information content (AvgIpc) is 3.67. The van der Waals surface area contributed by atoms with Gasteiger partial charge in [-0.3, -0.25) is 0 Å². The predicted molar refractivity (Wildman–Crippen MR) is 237 cm³/mol. The SMILES string of the molecule is c1ccc(-c2ccc(N(c3ccccc3-c3cc4ccccc4c4ccccc34)c3ccccc3-c3cccc4oc5c6ccccc6ccc5c34)cc2)cc1. The van der Waals surface area contributed by atoms with Gasteiger partial charge < -0.3 is 9.32 Å². The van der Waals surface area contributed by atoms with Crippen LogP contribution in [0.5, 0.6) is 0 Å². The molecule has 0 fully saturated rings. The number of anilines is 3. The van der Waals surface area contributed by atoms with E-state index in [-0.39, 0.29) is 0 Å². The Morgan fingerprint density at radius 2 is 0.893 bits per heavy atom. The van der Waals surface area contributed by atoms with E-state index in [0.717, 1.165) is 61.1 Å². The maximum absolute atomic E-state index is 6.69. The van der Waals surface area contributed by atoms with E-state index >= 15 is 0 Å². The first-order chi connectivity index (χ1) is 27.8. The summed E-state index contributed by atoms with van der Waals surface area (Å²) in [5.41, 5.74) is 12.1. The highest BCUT2D eigenvalue weighted by atomic mass is 16.3. The molecule has 2 nitrogen and oxygen atoms in total. The van der Waals surface area contributed by atoms with Crippen LogP contribution in [-0.4, -0.2) is 0 Å².